The summed E-state index contributed by atoms with van der Waals surface area (Å²) < 4.78 is 0.504. The van der Waals surface area contributed by atoms with Gasteiger partial charge in [0.2, 0.25) is 0 Å². The highest BCUT2D eigenvalue weighted by Crippen LogP contribution is 2.22. The largest absolute Gasteiger partial charge is 0.342 e. The van der Waals surface area contributed by atoms with Crippen molar-refractivity contribution in [3.05, 3.63) is 38.3 Å². The number of non-ortho nitro benzene ring substituents is 1. The molecule has 1 aromatic carbocycles. The molecule has 0 aliphatic rings. The van der Waals surface area contributed by atoms with E-state index in [9.17, 15) is 14.9 Å². The van der Waals surface area contributed by atoms with E-state index >= 15 is 0 Å². The standard InChI is InChI=1S/C12H14BrClN2O3/c1-8(14)3-4-15(2)12(17)9-5-10(13)7-11(6-9)16(18)19/h5-8H,3-4H2,1-2H3. The Hall–Kier alpha value is -1.14. The summed E-state index contributed by atoms with van der Waals surface area (Å²) >= 11 is 8.99. The lowest BCUT2D eigenvalue weighted by Crippen LogP contribution is -2.28. The van der Waals surface area contributed by atoms with Crippen LogP contribution in [0.5, 0.6) is 0 Å². The molecule has 1 aromatic rings. The van der Waals surface area contributed by atoms with Gasteiger partial charge in [0.15, 0.2) is 0 Å². The first kappa shape index (κ1) is 15.9. The maximum Gasteiger partial charge on any atom is 0.271 e. The van der Waals surface area contributed by atoms with Crippen molar-refractivity contribution in [1.82, 2.24) is 4.90 Å². The molecule has 1 unspecified atom stereocenters. The Morgan fingerprint density at radius 1 is 1.53 bits per heavy atom. The molecule has 0 saturated carbocycles. The molecule has 0 radical (unpaired) electrons. The highest BCUT2D eigenvalue weighted by atomic mass is 79.9. The molecule has 19 heavy (non-hydrogen) atoms. The second-order valence-electron chi connectivity index (χ2n) is 4.25. The molecule has 0 heterocycles. The second kappa shape index (κ2) is 6.86. The third-order valence-corrected chi connectivity index (χ3v) is 3.23. The highest BCUT2D eigenvalue weighted by Gasteiger charge is 2.17. The first-order valence-electron chi connectivity index (χ1n) is 5.65. The molecule has 0 aliphatic carbocycles. The van der Waals surface area contributed by atoms with E-state index in [0.717, 1.165) is 0 Å². The van der Waals surface area contributed by atoms with E-state index in [1.807, 2.05) is 6.92 Å². The Bertz CT molecular complexity index is 494. The van der Waals surface area contributed by atoms with E-state index < -0.39 is 4.92 Å². The Kier molecular flexibility index (Phi) is 5.75. The number of halogens is 2. The summed E-state index contributed by atoms with van der Waals surface area (Å²) in [5, 5.41) is 10.7. The fourth-order valence-corrected chi connectivity index (χ4v) is 2.08. The number of nitrogens with zero attached hydrogens (tertiary/aromatic N) is 2. The molecule has 5 nitrogen and oxygen atoms in total. The van der Waals surface area contributed by atoms with Crippen LogP contribution in [0.15, 0.2) is 22.7 Å². The topological polar surface area (TPSA) is 63.5 Å². The summed E-state index contributed by atoms with van der Waals surface area (Å²) in [6.45, 7) is 2.35. The van der Waals surface area contributed by atoms with Gasteiger partial charge in [0, 0.05) is 41.1 Å². The number of nitro groups is 1. The predicted molar refractivity (Wildman–Crippen MR) is 77.7 cm³/mol. The molecular weight excluding hydrogens is 336 g/mol. The summed E-state index contributed by atoms with van der Waals surface area (Å²) in [5.41, 5.74) is 0.169. The van der Waals surface area contributed by atoms with Crippen LogP contribution in [0.1, 0.15) is 23.7 Å². The van der Waals surface area contributed by atoms with Crippen molar-refractivity contribution in [3.8, 4) is 0 Å². The molecular formula is C12H14BrClN2O3. The van der Waals surface area contributed by atoms with Crippen molar-refractivity contribution in [3.63, 3.8) is 0 Å². The molecule has 1 amide bonds. The second-order valence-corrected chi connectivity index (χ2v) is 5.91. The molecule has 0 saturated heterocycles. The van der Waals surface area contributed by atoms with Gasteiger partial charge in [0.1, 0.15) is 0 Å². The van der Waals surface area contributed by atoms with Crippen LogP contribution in [0.4, 0.5) is 5.69 Å². The summed E-state index contributed by atoms with van der Waals surface area (Å²) in [4.78, 5) is 23.9. The number of amides is 1. The zero-order chi connectivity index (χ0) is 14.6. The van der Waals surface area contributed by atoms with E-state index in [0.29, 0.717) is 17.4 Å². The van der Waals surface area contributed by atoms with Crippen molar-refractivity contribution in [2.75, 3.05) is 13.6 Å². The summed E-state index contributed by atoms with van der Waals surface area (Å²) in [6, 6.07) is 4.20. The van der Waals surface area contributed by atoms with Gasteiger partial charge in [-0.3, -0.25) is 14.9 Å². The van der Waals surface area contributed by atoms with Gasteiger partial charge >= 0.3 is 0 Å². The maximum absolute atomic E-state index is 12.1. The third-order valence-electron chi connectivity index (χ3n) is 2.55. The molecule has 1 atom stereocenters. The number of carbonyl (C=O) groups is 1. The predicted octanol–water partition coefficient (Wildman–Crippen LogP) is 3.45. The fourth-order valence-electron chi connectivity index (χ4n) is 1.50. The summed E-state index contributed by atoms with van der Waals surface area (Å²) in [6.07, 6.45) is 0.667. The zero-order valence-corrected chi connectivity index (χ0v) is 12.9. The van der Waals surface area contributed by atoms with Crippen molar-refractivity contribution in [1.29, 1.82) is 0 Å². The van der Waals surface area contributed by atoms with Crippen LogP contribution >= 0.6 is 27.5 Å². The lowest BCUT2D eigenvalue weighted by molar-refractivity contribution is -0.385. The van der Waals surface area contributed by atoms with E-state index in [-0.39, 0.29) is 22.5 Å². The third kappa shape index (κ3) is 4.80. The van der Waals surface area contributed by atoms with Crippen LogP contribution in [0.2, 0.25) is 0 Å². The number of carbonyl (C=O) groups excluding carboxylic acids is 1. The van der Waals surface area contributed by atoms with E-state index in [2.05, 4.69) is 15.9 Å². The van der Waals surface area contributed by atoms with E-state index in [1.165, 1.54) is 17.0 Å². The van der Waals surface area contributed by atoms with Gasteiger partial charge in [0.05, 0.1) is 4.92 Å². The van der Waals surface area contributed by atoms with Gasteiger partial charge in [-0.15, -0.1) is 11.6 Å². The minimum atomic E-state index is -0.525. The van der Waals surface area contributed by atoms with Crippen molar-refractivity contribution in [2.45, 2.75) is 18.7 Å². The first-order valence-corrected chi connectivity index (χ1v) is 6.88. The normalized spacial score (nSPS) is 12.0. The number of benzene rings is 1. The van der Waals surface area contributed by atoms with Crippen LogP contribution in [0.3, 0.4) is 0 Å². The average molecular weight is 350 g/mol. The smallest absolute Gasteiger partial charge is 0.271 e. The van der Waals surface area contributed by atoms with Gasteiger partial charge in [-0.05, 0) is 19.4 Å². The molecule has 0 fully saturated rings. The molecule has 0 N–H and O–H groups in total. The fraction of sp³-hybridized carbons (Fsp3) is 0.417. The summed E-state index contributed by atoms with van der Waals surface area (Å²) in [5.74, 6) is -0.262. The van der Waals surface area contributed by atoms with Gasteiger partial charge < -0.3 is 4.90 Å². The molecule has 104 valence electrons. The number of hydrogen-bond donors (Lipinski definition) is 0. The van der Waals surface area contributed by atoms with Crippen LogP contribution in [-0.4, -0.2) is 34.7 Å². The van der Waals surface area contributed by atoms with Gasteiger partial charge in [-0.1, -0.05) is 15.9 Å². The molecule has 0 bridgehead atoms. The average Bonchev–Trinajstić information content (AvgIpc) is 2.34. The number of rotatable bonds is 5. The Labute approximate surface area is 124 Å². The zero-order valence-electron chi connectivity index (χ0n) is 10.6. The quantitative estimate of drug-likeness (QED) is 0.464. The molecule has 1 rings (SSSR count). The monoisotopic (exact) mass is 348 g/mol. The lowest BCUT2D eigenvalue weighted by atomic mass is 10.1. The minimum absolute atomic E-state index is 0.0212. The number of hydrogen-bond acceptors (Lipinski definition) is 3. The highest BCUT2D eigenvalue weighted by molar-refractivity contribution is 9.10. The maximum atomic E-state index is 12.1. The van der Waals surface area contributed by atoms with E-state index in [1.54, 1.807) is 13.1 Å². The molecule has 0 aliphatic heterocycles. The number of alkyl halides is 1. The Morgan fingerprint density at radius 2 is 2.16 bits per heavy atom. The SMILES string of the molecule is CC(Cl)CCN(C)C(=O)c1cc(Br)cc([N+](=O)[O-])c1. The number of nitro benzene ring substituents is 1. The van der Waals surface area contributed by atoms with Crippen LogP contribution in [-0.2, 0) is 0 Å². The summed E-state index contributed by atoms with van der Waals surface area (Å²) in [7, 11) is 1.65. The van der Waals surface area contributed by atoms with Gasteiger partial charge in [-0.2, -0.15) is 0 Å². The Morgan fingerprint density at radius 3 is 2.68 bits per heavy atom. The van der Waals surface area contributed by atoms with Crippen LogP contribution in [0.25, 0.3) is 0 Å². The molecule has 0 aromatic heterocycles. The van der Waals surface area contributed by atoms with Gasteiger partial charge in [0.25, 0.3) is 11.6 Å². The molecule has 7 heteroatoms. The molecule has 0 spiro atoms. The minimum Gasteiger partial charge on any atom is -0.342 e. The van der Waals surface area contributed by atoms with Crippen LogP contribution < -0.4 is 0 Å². The first-order chi connectivity index (χ1) is 8.81. The lowest BCUT2D eigenvalue weighted by Gasteiger charge is -2.17. The van der Waals surface area contributed by atoms with E-state index in [4.69, 9.17) is 11.6 Å². The van der Waals surface area contributed by atoms with Gasteiger partial charge in [-0.25, -0.2) is 0 Å². The van der Waals surface area contributed by atoms with Crippen molar-refractivity contribution in [2.24, 2.45) is 0 Å². The van der Waals surface area contributed by atoms with Crippen molar-refractivity contribution >= 4 is 39.1 Å². The van der Waals surface area contributed by atoms with Crippen LogP contribution in [0, 0.1) is 10.1 Å². The van der Waals surface area contributed by atoms with Crippen molar-refractivity contribution < 1.29 is 9.72 Å². The Balaban J connectivity index is 2.90.